The van der Waals surface area contributed by atoms with Gasteiger partial charge in [-0.05, 0) is 46.1 Å². The molecule has 2 fully saturated rings. The van der Waals surface area contributed by atoms with E-state index in [1.54, 1.807) is 0 Å². The molecule has 6 nitrogen and oxygen atoms in total. The predicted octanol–water partition coefficient (Wildman–Crippen LogP) is 1.12. The third kappa shape index (κ3) is 3.62. The second-order valence-electron chi connectivity index (χ2n) is 5.97. The molecule has 1 heterocycles. The maximum absolute atomic E-state index is 12.2. The zero-order valence-corrected chi connectivity index (χ0v) is 12.3. The first kappa shape index (κ1) is 15.1. The lowest BCUT2D eigenvalue weighted by molar-refractivity contribution is -0.143. The van der Waals surface area contributed by atoms with Crippen molar-refractivity contribution in [3.8, 4) is 0 Å². The molecular formula is C14H25N3O3. The van der Waals surface area contributed by atoms with Gasteiger partial charge in [0, 0.05) is 25.2 Å². The van der Waals surface area contributed by atoms with Gasteiger partial charge in [0.25, 0.3) is 0 Å². The highest BCUT2D eigenvalue weighted by Gasteiger charge is 2.33. The molecule has 1 saturated heterocycles. The van der Waals surface area contributed by atoms with E-state index in [9.17, 15) is 14.7 Å². The third-order valence-electron chi connectivity index (χ3n) is 4.42. The number of likely N-dealkylation sites (N-methyl/N-ethyl adjacent to an activating group) is 1. The second kappa shape index (κ2) is 6.43. The van der Waals surface area contributed by atoms with Crippen molar-refractivity contribution in [1.82, 2.24) is 15.1 Å². The number of amides is 2. The van der Waals surface area contributed by atoms with Crippen LogP contribution in [0.5, 0.6) is 0 Å². The molecule has 0 spiro atoms. The van der Waals surface area contributed by atoms with Crippen LogP contribution >= 0.6 is 0 Å². The van der Waals surface area contributed by atoms with E-state index in [4.69, 9.17) is 0 Å². The van der Waals surface area contributed by atoms with E-state index in [1.165, 1.54) is 17.7 Å². The Bertz CT molecular complexity index is 371. The Morgan fingerprint density at radius 1 is 1.35 bits per heavy atom. The topological polar surface area (TPSA) is 72.9 Å². The van der Waals surface area contributed by atoms with E-state index < -0.39 is 12.0 Å². The van der Waals surface area contributed by atoms with Crippen LogP contribution in [-0.4, -0.2) is 65.2 Å². The number of carbonyl (C=O) groups is 2. The monoisotopic (exact) mass is 283 g/mol. The number of hydrogen-bond donors (Lipinski definition) is 2. The smallest absolute Gasteiger partial charge is 0.326 e. The Morgan fingerprint density at radius 3 is 2.65 bits per heavy atom. The van der Waals surface area contributed by atoms with E-state index in [0.717, 1.165) is 12.8 Å². The molecule has 0 radical (unpaired) electrons. The average Bonchev–Trinajstić information content (AvgIpc) is 3.28. The van der Waals surface area contributed by atoms with Crippen LogP contribution < -0.4 is 5.32 Å². The van der Waals surface area contributed by atoms with Crippen molar-refractivity contribution in [2.45, 2.75) is 57.2 Å². The van der Waals surface area contributed by atoms with Gasteiger partial charge in [-0.15, -0.1) is 0 Å². The van der Waals surface area contributed by atoms with E-state index in [-0.39, 0.29) is 12.1 Å². The Balaban J connectivity index is 1.81. The fourth-order valence-corrected chi connectivity index (χ4v) is 2.75. The molecule has 2 unspecified atom stereocenters. The Morgan fingerprint density at radius 2 is 2.05 bits per heavy atom. The first-order valence-corrected chi connectivity index (χ1v) is 7.50. The van der Waals surface area contributed by atoms with Crippen molar-refractivity contribution in [2.75, 3.05) is 20.1 Å². The summed E-state index contributed by atoms with van der Waals surface area (Å²) in [6, 6.07) is 0.0246. The third-order valence-corrected chi connectivity index (χ3v) is 4.42. The fourth-order valence-electron chi connectivity index (χ4n) is 2.75. The highest BCUT2D eigenvalue weighted by molar-refractivity contribution is 5.82. The van der Waals surface area contributed by atoms with Crippen molar-refractivity contribution in [3.05, 3.63) is 0 Å². The first-order valence-electron chi connectivity index (χ1n) is 7.50. The van der Waals surface area contributed by atoms with Crippen molar-refractivity contribution in [2.24, 2.45) is 0 Å². The summed E-state index contributed by atoms with van der Waals surface area (Å²) in [5.41, 5.74) is 0. The van der Waals surface area contributed by atoms with Gasteiger partial charge in [-0.2, -0.15) is 0 Å². The summed E-state index contributed by atoms with van der Waals surface area (Å²) < 4.78 is 0. The molecule has 2 rings (SSSR count). The molecule has 0 aromatic rings. The number of nitrogens with zero attached hydrogens (tertiary/aromatic N) is 2. The van der Waals surface area contributed by atoms with Crippen LogP contribution in [0, 0.1) is 0 Å². The van der Waals surface area contributed by atoms with Crippen LogP contribution in [-0.2, 0) is 4.79 Å². The van der Waals surface area contributed by atoms with Crippen molar-refractivity contribution in [3.63, 3.8) is 0 Å². The van der Waals surface area contributed by atoms with Crippen LogP contribution in [0.15, 0.2) is 0 Å². The van der Waals surface area contributed by atoms with E-state index in [2.05, 4.69) is 24.2 Å². The van der Waals surface area contributed by atoms with Gasteiger partial charge in [0.05, 0.1) is 0 Å². The Labute approximate surface area is 120 Å². The molecule has 2 aliphatic rings. The van der Waals surface area contributed by atoms with Crippen LogP contribution in [0.3, 0.4) is 0 Å². The number of aliphatic carboxylic acids is 1. The normalized spacial score (nSPS) is 24.6. The van der Waals surface area contributed by atoms with Crippen LogP contribution in [0.4, 0.5) is 4.79 Å². The molecule has 114 valence electrons. The molecule has 20 heavy (non-hydrogen) atoms. The number of carbonyl (C=O) groups excluding carboxylic acids is 1. The average molecular weight is 283 g/mol. The summed E-state index contributed by atoms with van der Waals surface area (Å²) in [5, 5.41) is 12.1. The highest BCUT2D eigenvalue weighted by Crippen LogP contribution is 2.26. The Hall–Kier alpha value is -1.30. The SMILES string of the molecule is CC(CNC(=O)N1CCCCC1C(=O)O)N(C)C1CC1. The van der Waals surface area contributed by atoms with Gasteiger partial charge in [-0.3, -0.25) is 4.90 Å². The number of carboxylic acids is 1. The standard InChI is InChI=1S/C14H25N3O3/c1-10(16(2)11-6-7-11)9-15-14(20)17-8-4-3-5-12(17)13(18)19/h10-12H,3-9H2,1-2H3,(H,15,20)(H,18,19). The molecule has 6 heteroatoms. The second-order valence-corrected chi connectivity index (χ2v) is 5.97. The van der Waals surface area contributed by atoms with E-state index in [1.807, 2.05) is 0 Å². The molecular weight excluding hydrogens is 258 g/mol. The summed E-state index contributed by atoms with van der Waals surface area (Å²) >= 11 is 0. The van der Waals surface area contributed by atoms with Crippen molar-refractivity contribution >= 4 is 12.0 Å². The first-order chi connectivity index (χ1) is 9.50. The maximum atomic E-state index is 12.2. The quantitative estimate of drug-likeness (QED) is 0.793. The highest BCUT2D eigenvalue weighted by atomic mass is 16.4. The van der Waals surface area contributed by atoms with Crippen LogP contribution in [0.1, 0.15) is 39.0 Å². The number of nitrogens with one attached hydrogen (secondary N) is 1. The molecule has 1 aliphatic heterocycles. The largest absolute Gasteiger partial charge is 0.480 e. The number of urea groups is 1. The van der Waals surface area contributed by atoms with E-state index in [0.29, 0.717) is 25.6 Å². The van der Waals surface area contributed by atoms with Gasteiger partial charge < -0.3 is 15.3 Å². The predicted molar refractivity (Wildman–Crippen MR) is 75.6 cm³/mol. The summed E-state index contributed by atoms with van der Waals surface area (Å²) in [4.78, 5) is 27.1. The number of hydrogen-bond acceptors (Lipinski definition) is 3. The molecule has 0 bridgehead atoms. The number of likely N-dealkylation sites (tertiary alicyclic amines) is 1. The van der Waals surface area contributed by atoms with Gasteiger partial charge >= 0.3 is 12.0 Å². The van der Waals surface area contributed by atoms with Crippen molar-refractivity contribution < 1.29 is 14.7 Å². The summed E-state index contributed by atoms with van der Waals surface area (Å²) in [5.74, 6) is -0.900. The molecule has 1 aliphatic carbocycles. The van der Waals surface area contributed by atoms with Crippen LogP contribution in [0.2, 0.25) is 0 Å². The van der Waals surface area contributed by atoms with Gasteiger partial charge in [-0.25, -0.2) is 9.59 Å². The van der Waals surface area contributed by atoms with Gasteiger partial charge in [-0.1, -0.05) is 0 Å². The molecule has 2 atom stereocenters. The molecule has 2 amide bonds. The van der Waals surface area contributed by atoms with Gasteiger partial charge in [0.15, 0.2) is 0 Å². The lowest BCUT2D eigenvalue weighted by Gasteiger charge is -2.33. The van der Waals surface area contributed by atoms with Crippen LogP contribution in [0.25, 0.3) is 0 Å². The van der Waals surface area contributed by atoms with E-state index >= 15 is 0 Å². The fraction of sp³-hybridized carbons (Fsp3) is 0.857. The number of piperidine rings is 1. The minimum absolute atomic E-state index is 0.242. The zero-order chi connectivity index (χ0) is 14.7. The minimum Gasteiger partial charge on any atom is -0.480 e. The summed E-state index contributed by atoms with van der Waals surface area (Å²) in [6.07, 6.45) is 4.79. The molecule has 1 saturated carbocycles. The van der Waals surface area contributed by atoms with Crippen molar-refractivity contribution in [1.29, 1.82) is 0 Å². The number of rotatable bonds is 5. The minimum atomic E-state index is -0.900. The van der Waals surface area contributed by atoms with Gasteiger partial charge in [0.2, 0.25) is 0 Å². The number of carboxylic acid groups (broad SMARTS) is 1. The summed E-state index contributed by atoms with van der Waals surface area (Å²) in [6.45, 7) is 3.19. The molecule has 2 N–H and O–H groups in total. The molecule has 0 aromatic carbocycles. The van der Waals surface area contributed by atoms with Gasteiger partial charge in [0.1, 0.15) is 6.04 Å². The zero-order valence-electron chi connectivity index (χ0n) is 12.3. The summed E-state index contributed by atoms with van der Waals surface area (Å²) in [7, 11) is 2.08. The maximum Gasteiger partial charge on any atom is 0.326 e. The molecule has 0 aromatic heterocycles. The lowest BCUT2D eigenvalue weighted by atomic mass is 10.0. The Kier molecular flexibility index (Phi) is 4.86. The lowest BCUT2D eigenvalue weighted by Crippen LogP contribution is -2.53.